The first-order valence-electron chi connectivity index (χ1n) is 10.9. The number of nitrogens with zero attached hydrogens (tertiary/aromatic N) is 1. The van der Waals surface area contributed by atoms with E-state index in [2.05, 4.69) is 41.7 Å². The lowest BCUT2D eigenvalue weighted by Crippen LogP contribution is -2.27. The summed E-state index contributed by atoms with van der Waals surface area (Å²) in [5.41, 5.74) is 4.43. The SMILES string of the molecule is Clc1ccccc1-c1cc(CCC2CCNCC2)c2ccccc2n1.O=C([O-])C=CC(=O)[O-]. The van der Waals surface area contributed by atoms with Crippen LogP contribution < -0.4 is 15.5 Å². The van der Waals surface area contributed by atoms with Crippen LogP contribution in [0.15, 0.2) is 66.7 Å². The Hall–Kier alpha value is -3.22. The number of aliphatic carboxylic acids is 2. The number of para-hydroxylation sites is 1. The number of fused-ring (bicyclic) bond motifs is 1. The zero-order valence-corrected chi connectivity index (χ0v) is 18.9. The van der Waals surface area contributed by atoms with Gasteiger partial charge in [0.15, 0.2) is 0 Å². The van der Waals surface area contributed by atoms with Crippen molar-refractivity contribution in [2.45, 2.75) is 25.7 Å². The number of carboxylic acids is 2. The van der Waals surface area contributed by atoms with Crippen LogP contribution in [-0.4, -0.2) is 30.0 Å². The summed E-state index contributed by atoms with van der Waals surface area (Å²) >= 11 is 6.41. The van der Waals surface area contributed by atoms with Crippen molar-refractivity contribution in [3.8, 4) is 11.3 Å². The predicted octanol–water partition coefficient (Wildman–Crippen LogP) is 2.53. The van der Waals surface area contributed by atoms with Crippen molar-refractivity contribution in [3.05, 3.63) is 77.3 Å². The molecule has 7 heteroatoms. The van der Waals surface area contributed by atoms with Gasteiger partial charge in [-0.3, -0.25) is 0 Å². The van der Waals surface area contributed by atoms with Crippen LogP contribution in [0.2, 0.25) is 5.02 Å². The van der Waals surface area contributed by atoms with Gasteiger partial charge in [0.25, 0.3) is 0 Å². The summed E-state index contributed by atoms with van der Waals surface area (Å²) in [4.78, 5) is 23.7. The Morgan fingerprint density at radius 2 is 1.64 bits per heavy atom. The predicted molar refractivity (Wildman–Crippen MR) is 125 cm³/mol. The molecule has 1 aromatic heterocycles. The highest BCUT2D eigenvalue weighted by Gasteiger charge is 2.15. The smallest absolute Gasteiger partial charge is 0.0727 e. The Kier molecular flexibility index (Phi) is 8.98. The molecular weight excluding hydrogens is 440 g/mol. The molecule has 4 rings (SSSR count). The highest BCUT2D eigenvalue weighted by Crippen LogP contribution is 2.31. The van der Waals surface area contributed by atoms with Crippen LogP contribution in [0.5, 0.6) is 0 Å². The van der Waals surface area contributed by atoms with E-state index in [1.54, 1.807) is 0 Å². The normalized spacial score (nSPS) is 14.1. The maximum Gasteiger partial charge on any atom is 0.0727 e. The van der Waals surface area contributed by atoms with E-state index in [4.69, 9.17) is 16.6 Å². The van der Waals surface area contributed by atoms with Crippen molar-refractivity contribution in [1.29, 1.82) is 0 Å². The van der Waals surface area contributed by atoms with Gasteiger partial charge in [-0.15, -0.1) is 0 Å². The molecule has 1 aliphatic rings. The Bertz CT molecular complexity index is 1120. The Morgan fingerprint density at radius 3 is 2.30 bits per heavy atom. The van der Waals surface area contributed by atoms with Crippen LogP contribution in [0.1, 0.15) is 24.8 Å². The van der Waals surface area contributed by atoms with Gasteiger partial charge >= 0.3 is 0 Å². The van der Waals surface area contributed by atoms with Gasteiger partial charge in [-0.1, -0.05) is 48.0 Å². The molecule has 1 N–H and O–H groups in total. The van der Waals surface area contributed by atoms with Crippen molar-refractivity contribution in [1.82, 2.24) is 10.3 Å². The molecule has 3 aromatic rings. The van der Waals surface area contributed by atoms with Gasteiger partial charge in [-0.05, 0) is 80.6 Å². The molecule has 0 unspecified atom stereocenters. The number of carbonyl (C=O) groups is 2. The van der Waals surface area contributed by atoms with Crippen LogP contribution in [0, 0.1) is 5.92 Å². The van der Waals surface area contributed by atoms with E-state index in [0.717, 1.165) is 47.2 Å². The van der Waals surface area contributed by atoms with Crippen LogP contribution in [-0.2, 0) is 16.0 Å². The Labute approximate surface area is 197 Å². The fourth-order valence-corrected chi connectivity index (χ4v) is 4.16. The van der Waals surface area contributed by atoms with Crippen LogP contribution >= 0.6 is 11.6 Å². The van der Waals surface area contributed by atoms with E-state index in [-0.39, 0.29) is 0 Å². The zero-order chi connectivity index (χ0) is 23.6. The number of pyridine rings is 1. The van der Waals surface area contributed by atoms with E-state index in [0.29, 0.717) is 12.2 Å². The molecular formula is C26H25ClN2O4-2. The summed E-state index contributed by atoms with van der Waals surface area (Å²) in [6.45, 7) is 2.32. The molecule has 33 heavy (non-hydrogen) atoms. The largest absolute Gasteiger partial charge is 0.545 e. The topological polar surface area (TPSA) is 105 Å². The number of carboxylic acid groups (broad SMARTS) is 2. The summed E-state index contributed by atoms with van der Waals surface area (Å²) in [7, 11) is 0. The summed E-state index contributed by atoms with van der Waals surface area (Å²) in [5.74, 6) is -2.26. The van der Waals surface area contributed by atoms with Crippen LogP contribution in [0.4, 0.5) is 0 Å². The average Bonchev–Trinajstić information content (AvgIpc) is 2.82. The molecule has 2 heterocycles. The van der Waals surface area contributed by atoms with Gasteiger partial charge in [0.2, 0.25) is 0 Å². The summed E-state index contributed by atoms with van der Waals surface area (Å²) < 4.78 is 0. The van der Waals surface area contributed by atoms with E-state index in [1.165, 1.54) is 30.2 Å². The molecule has 2 aromatic carbocycles. The van der Waals surface area contributed by atoms with Gasteiger partial charge in [0.05, 0.1) is 23.1 Å². The van der Waals surface area contributed by atoms with E-state index in [1.807, 2.05) is 18.2 Å². The van der Waals surface area contributed by atoms with E-state index < -0.39 is 11.9 Å². The lowest BCUT2D eigenvalue weighted by Gasteiger charge is -2.22. The maximum atomic E-state index is 9.41. The molecule has 1 saturated heterocycles. The number of hydrogen-bond acceptors (Lipinski definition) is 6. The molecule has 0 aliphatic carbocycles. The van der Waals surface area contributed by atoms with Gasteiger partial charge in [0, 0.05) is 16.0 Å². The fourth-order valence-electron chi connectivity index (χ4n) is 3.93. The minimum absolute atomic E-state index is 0.384. The molecule has 0 radical (unpaired) electrons. The standard InChI is InChI=1S/C22H23ClN2.C4H4O4/c23-20-7-3-1-6-19(20)22-15-17(10-9-16-11-13-24-14-12-16)18-5-2-4-8-21(18)25-22;5-3(6)1-2-4(7)8/h1-8,15-16,24H,9-14H2;1-2H,(H,5,6)(H,7,8)/p-2. The van der Waals surface area contributed by atoms with Crippen LogP contribution in [0.25, 0.3) is 22.2 Å². The first kappa shape index (κ1) is 24.4. The first-order valence-corrected chi connectivity index (χ1v) is 11.3. The lowest BCUT2D eigenvalue weighted by atomic mass is 9.90. The quantitative estimate of drug-likeness (QED) is 0.562. The third-order valence-corrected chi connectivity index (χ3v) is 5.92. The minimum atomic E-state index is -1.55. The zero-order valence-electron chi connectivity index (χ0n) is 18.1. The van der Waals surface area contributed by atoms with Gasteiger partial charge < -0.3 is 25.1 Å². The van der Waals surface area contributed by atoms with Crippen molar-refractivity contribution in [2.75, 3.05) is 13.1 Å². The second kappa shape index (κ2) is 12.1. The summed E-state index contributed by atoms with van der Waals surface area (Å²) in [5, 5.41) is 24.3. The fraction of sp³-hybridized carbons (Fsp3) is 0.269. The molecule has 0 bridgehead atoms. The molecule has 0 spiro atoms. The molecule has 172 valence electrons. The summed E-state index contributed by atoms with van der Waals surface area (Å²) in [6, 6.07) is 18.7. The third kappa shape index (κ3) is 7.41. The van der Waals surface area contributed by atoms with Crippen molar-refractivity contribution in [2.24, 2.45) is 5.92 Å². The molecule has 0 amide bonds. The van der Waals surface area contributed by atoms with E-state index >= 15 is 0 Å². The highest BCUT2D eigenvalue weighted by molar-refractivity contribution is 6.33. The molecule has 1 fully saturated rings. The maximum absolute atomic E-state index is 9.41. The van der Waals surface area contributed by atoms with E-state index in [9.17, 15) is 19.8 Å². The van der Waals surface area contributed by atoms with Crippen molar-refractivity contribution >= 4 is 34.4 Å². The Balaban J connectivity index is 0.000000331. The number of aromatic nitrogens is 1. The lowest BCUT2D eigenvalue weighted by molar-refractivity contribution is -0.301. The number of nitrogens with one attached hydrogen (secondary N) is 1. The summed E-state index contributed by atoms with van der Waals surface area (Å²) in [6.07, 6.45) is 5.70. The molecule has 0 atom stereocenters. The number of piperidine rings is 1. The minimum Gasteiger partial charge on any atom is -0.545 e. The highest BCUT2D eigenvalue weighted by atomic mass is 35.5. The average molecular weight is 465 g/mol. The molecule has 0 saturated carbocycles. The number of carbonyl (C=O) groups excluding carboxylic acids is 2. The molecule has 6 nitrogen and oxygen atoms in total. The van der Waals surface area contributed by atoms with Crippen LogP contribution in [0.3, 0.4) is 0 Å². The van der Waals surface area contributed by atoms with Gasteiger partial charge in [0.1, 0.15) is 0 Å². The number of benzene rings is 2. The monoisotopic (exact) mass is 464 g/mol. The second-order valence-corrected chi connectivity index (χ2v) is 8.27. The molecule has 1 aliphatic heterocycles. The van der Waals surface area contributed by atoms with Crippen molar-refractivity contribution < 1.29 is 19.8 Å². The number of hydrogen-bond donors (Lipinski definition) is 1. The van der Waals surface area contributed by atoms with Crippen molar-refractivity contribution in [3.63, 3.8) is 0 Å². The first-order chi connectivity index (χ1) is 15.9. The third-order valence-electron chi connectivity index (χ3n) is 5.59. The second-order valence-electron chi connectivity index (χ2n) is 7.87. The Morgan fingerprint density at radius 1 is 1.00 bits per heavy atom. The number of aryl methyl sites for hydroxylation is 1. The number of halogens is 1. The number of rotatable bonds is 6. The van der Waals surface area contributed by atoms with Gasteiger partial charge in [-0.2, -0.15) is 0 Å². The van der Waals surface area contributed by atoms with Gasteiger partial charge in [-0.25, -0.2) is 4.98 Å².